The Morgan fingerprint density at radius 1 is 1.07 bits per heavy atom. The maximum absolute atomic E-state index is 13.0. The van der Waals surface area contributed by atoms with Crippen molar-refractivity contribution >= 4 is 22.7 Å². The molecule has 0 fully saturated rings. The van der Waals surface area contributed by atoms with Crippen LogP contribution in [0.1, 0.15) is 5.69 Å². The Morgan fingerprint density at radius 2 is 1.80 bits per heavy atom. The first-order valence-corrected chi connectivity index (χ1v) is 12.2. The average molecular weight is 555 g/mol. The number of likely N-dealkylation sites (N-methyl/N-ethyl adjacent to an activating group) is 1. The van der Waals surface area contributed by atoms with Crippen molar-refractivity contribution in [1.82, 2.24) is 24.3 Å². The number of aromatic nitrogens is 3. The number of allylic oxidation sites excluding steroid dienone is 1. The molecule has 0 atom stereocenters. The molecule has 3 aromatic heterocycles. The molecule has 40 heavy (non-hydrogen) atoms. The lowest BCUT2D eigenvalue weighted by molar-refractivity contribution is -0.146. The average Bonchev–Trinajstić information content (AvgIpc) is 3.33. The molecule has 0 bridgehead atoms. The SMILES string of the molecule is CN(C)CCOc1cccc(-c2cn(C)c(=O)cc2-c2cn(C)c(=O)c3[nH]c(/C(C=N)=C/NC(F)(F)F)cc23)c1. The number of rotatable bonds is 9. The standard InChI is InChI=1S/C28H29F3N6O3/c1-35(2)8-9-40-19-7-5-6-17(10-19)22-15-36(3)25(38)12-20(22)23-16-37(4)27(39)26-21(23)11-24(34-26)18(13-32)14-33-28(29,30)31/h5-7,10-16,32-34H,8-9H2,1-4H3/b18-14+,32-13?. The fraction of sp³-hybridized carbons (Fsp3) is 0.250. The summed E-state index contributed by atoms with van der Waals surface area (Å²) < 4.78 is 46.9. The van der Waals surface area contributed by atoms with E-state index >= 15 is 0 Å². The normalized spacial score (nSPS) is 12.2. The van der Waals surface area contributed by atoms with Crippen molar-refractivity contribution in [2.45, 2.75) is 6.30 Å². The second-order valence-electron chi connectivity index (χ2n) is 9.55. The third-order valence-corrected chi connectivity index (χ3v) is 6.29. The number of aryl methyl sites for hydroxylation is 2. The summed E-state index contributed by atoms with van der Waals surface area (Å²) in [4.78, 5) is 30.7. The third kappa shape index (κ3) is 6.18. The molecular formula is C28H29F3N6O3. The van der Waals surface area contributed by atoms with Crippen LogP contribution in [0.15, 0.2) is 64.6 Å². The van der Waals surface area contributed by atoms with Crippen molar-refractivity contribution in [2.75, 3.05) is 27.2 Å². The number of pyridine rings is 2. The molecule has 0 amide bonds. The molecule has 1 aromatic carbocycles. The summed E-state index contributed by atoms with van der Waals surface area (Å²) in [5, 5.41) is 9.30. The van der Waals surface area contributed by atoms with Crippen molar-refractivity contribution in [3.05, 3.63) is 81.4 Å². The lowest BCUT2D eigenvalue weighted by atomic mass is 9.95. The second-order valence-corrected chi connectivity index (χ2v) is 9.55. The number of alkyl halides is 3. The van der Waals surface area contributed by atoms with E-state index in [0.717, 1.165) is 18.3 Å². The second kappa shape index (κ2) is 11.3. The van der Waals surface area contributed by atoms with Gasteiger partial charge in [0.15, 0.2) is 0 Å². The van der Waals surface area contributed by atoms with Crippen LogP contribution in [0.25, 0.3) is 38.7 Å². The monoisotopic (exact) mass is 554 g/mol. The molecule has 0 aliphatic carbocycles. The molecule has 0 aliphatic rings. The minimum absolute atomic E-state index is 0.117. The van der Waals surface area contributed by atoms with Gasteiger partial charge in [-0.15, -0.1) is 0 Å². The number of halogens is 3. The van der Waals surface area contributed by atoms with Crippen LogP contribution in [-0.4, -0.2) is 58.8 Å². The maximum Gasteiger partial charge on any atom is 0.481 e. The quantitative estimate of drug-likeness (QED) is 0.215. The van der Waals surface area contributed by atoms with Crippen LogP contribution in [0.4, 0.5) is 13.2 Å². The van der Waals surface area contributed by atoms with Crippen molar-refractivity contribution in [2.24, 2.45) is 14.1 Å². The number of benzene rings is 1. The van der Waals surface area contributed by atoms with Crippen LogP contribution < -0.4 is 21.2 Å². The minimum Gasteiger partial charge on any atom is -0.492 e. The van der Waals surface area contributed by atoms with E-state index in [2.05, 4.69) is 4.98 Å². The summed E-state index contributed by atoms with van der Waals surface area (Å²) in [5.74, 6) is 0.645. The van der Waals surface area contributed by atoms with Gasteiger partial charge in [-0.2, -0.15) is 13.2 Å². The molecule has 0 spiro atoms. The number of nitrogens with one attached hydrogen (secondary N) is 3. The molecule has 210 valence electrons. The van der Waals surface area contributed by atoms with E-state index in [0.29, 0.717) is 40.6 Å². The predicted molar refractivity (Wildman–Crippen MR) is 150 cm³/mol. The molecule has 0 radical (unpaired) electrons. The van der Waals surface area contributed by atoms with Crippen LogP contribution in [0, 0.1) is 5.41 Å². The lowest BCUT2D eigenvalue weighted by Crippen LogP contribution is -2.26. The van der Waals surface area contributed by atoms with Gasteiger partial charge in [0.05, 0.1) is 0 Å². The molecule has 3 heterocycles. The molecule has 4 aromatic rings. The van der Waals surface area contributed by atoms with Gasteiger partial charge in [-0.05, 0) is 43.4 Å². The van der Waals surface area contributed by atoms with Gasteiger partial charge in [-0.3, -0.25) is 9.59 Å². The molecule has 3 N–H and O–H groups in total. The molecule has 4 rings (SSSR count). The zero-order valence-corrected chi connectivity index (χ0v) is 22.4. The first-order valence-electron chi connectivity index (χ1n) is 12.2. The van der Waals surface area contributed by atoms with Gasteiger partial charge in [-0.1, -0.05) is 12.1 Å². The lowest BCUT2D eigenvalue weighted by Gasteiger charge is -2.15. The van der Waals surface area contributed by atoms with Gasteiger partial charge in [0, 0.05) is 79.3 Å². The summed E-state index contributed by atoms with van der Waals surface area (Å²) in [7, 11) is 7.08. The van der Waals surface area contributed by atoms with E-state index in [1.807, 2.05) is 43.3 Å². The molecule has 0 saturated carbocycles. The zero-order chi connectivity index (χ0) is 29.2. The number of hydrogen-bond donors (Lipinski definition) is 3. The van der Waals surface area contributed by atoms with Crippen molar-refractivity contribution in [1.29, 1.82) is 5.41 Å². The van der Waals surface area contributed by atoms with Crippen molar-refractivity contribution in [3.8, 4) is 28.0 Å². The molecule has 12 heteroatoms. The van der Waals surface area contributed by atoms with Crippen LogP contribution in [0.3, 0.4) is 0 Å². The Balaban J connectivity index is 1.91. The van der Waals surface area contributed by atoms with Gasteiger partial charge < -0.3 is 34.5 Å². The molecule has 9 nitrogen and oxygen atoms in total. The van der Waals surface area contributed by atoms with E-state index in [1.165, 1.54) is 26.6 Å². The Labute approximate surface area is 227 Å². The van der Waals surface area contributed by atoms with Gasteiger partial charge in [0.2, 0.25) is 0 Å². The Morgan fingerprint density at radius 3 is 2.48 bits per heavy atom. The predicted octanol–water partition coefficient (Wildman–Crippen LogP) is 3.94. The van der Waals surface area contributed by atoms with Gasteiger partial charge in [-0.25, -0.2) is 0 Å². The number of nitrogens with zero attached hydrogens (tertiary/aromatic N) is 3. The maximum atomic E-state index is 13.0. The number of hydrogen-bond acceptors (Lipinski definition) is 6. The fourth-order valence-corrected chi connectivity index (χ4v) is 4.24. The van der Waals surface area contributed by atoms with E-state index in [-0.39, 0.29) is 22.3 Å². The van der Waals surface area contributed by atoms with Crippen molar-refractivity contribution < 1.29 is 17.9 Å². The number of H-pyrrole nitrogens is 1. The summed E-state index contributed by atoms with van der Waals surface area (Å²) in [5.41, 5.74) is 1.92. The van der Waals surface area contributed by atoms with Crippen LogP contribution in [0.2, 0.25) is 0 Å². The highest BCUT2D eigenvalue weighted by atomic mass is 19.4. The third-order valence-electron chi connectivity index (χ3n) is 6.29. The van der Waals surface area contributed by atoms with E-state index in [1.54, 1.807) is 26.5 Å². The van der Waals surface area contributed by atoms with Crippen molar-refractivity contribution in [3.63, 3.8) is 0 Å². The summed E-state index contributed by atoms with van der Waals surface area (Å²) in [6.07, 6.45) is -0.0191. The number of ether oxygens (including phenoxy) is 1. The summed E-state index contributed by atoms with van der Waals surface area (Å²) in [6.45, 7) is 1.21. The van der Waals surface area contributed by atoms with E-state index in [9.17, 15) is 22.8 Å². The van der Waals surface area contributed by atoms with Gasteiger partial charge in [0.1, 0.15) is 17.9 Å². The van der Waals surface area contributed by atoms with Gasteiger partial charge in [0.25, 0.3) is 11.1 Å². The van der Waals surface area contributed by atoms with E-state index < -0.39 is 11.9 Å². The van der Waals surface area contributed by atoms with Crippen LogP contribution >= 0.6 is 0 Å². The molecule has 0 unspecified atom stereocenters. The molecule has 0 aliphatic heterocycles. The molecule has 0 saturated heterocycles. The van der Waals surface area contributed by atoms with Crippen LogP contribution in [0.5, 0.6) is 5.75 Å². The van der Waals surface area contributed by atoms with E-state index in [4.69, 9.17) is 10.1 Å². The smallest absolute Gasteiger partial charge is 0.481 e. The number of aromatic amines is 1. The highest BCUT2D eigenvalue weighted by Crippen LogP contribution is 2.36. The Bertz CT molecular complexity index is 1710. The first-order chi connectivity index (χ1) is 18.9. The Kier molecular flexibility index (Phi) is 8.01. The highest BCUT2D eigenvalue weighted by molar-refractivity contribution is 6.10. The van der Waals surface area contributed by atoms with Crippen LogP contribution in [-0.2, 0) is 14.1 Å². The van der Waals surface area contributed by atoms with Gasteiger partial charge >= 0.3 is 6.30 Å². The molecular weight excluding hydrogens is 525 g/mol. The number of fused-ring (bicyclic) bond motifs is 1. The largest absolute Gasteiger partial charge is 0.492 e. The minimum atomic E-state index is -4.69. The summed E-state index contributed by atoms with van der Waals surface area (Å²) in [6, 6.07) is 10.4. The Hall–Kier alpha value is -4.58. The first kappa shape index (κ1) is 28.4. The highest BCUT2D eigenvalue weighted by Gasteiger charge is 2.25. The zero-order valence-electron chi connectivity index (χ0n) is 22.4. The topological polar surface area (TPSA) is 108 Å². The summed E-state index contributed by atoms with van der Waals surface area (Å²) >= 11 is 0. The fourth-order valence-electron chi connectivity index (χ4n) is 4.24.